The van der Waals surface area contributed by atoms with E-state index in [0.717, 1.165) is 29.4 Å². The smallest absolute Gasteiger partial charge is 0.338 e. The normalized spacial score (nSPS) is 19.9. The molecule has 0 spiro atoms. The highest BCUT2D eigenvalue weighted by molar-refractivity contribution is 7.19. The molecule has 2 aromatic carbocycles. The molecule has 1 amide bonds. The summed E-state index contributed by atoms with van der Waals surface area (Å²) in [5.41, 5.74) is 14.7. The third kappa shape index (κ3) is 4.47. The van der Waals surface area contributed by atoms with Crippen LogP contribution in [0.25, 0.3) is 21.3 Å². The van der Waals surface area contributed by atoms with Gasteiger partial charge in [-0.2, -0.15) is 0 Å². The predicted molar refractivity (Wildman–Crippen MR) is 142 cm³/mol. The number of benzene rings is 2. The minimum Gasteiger partial charge on any atom is -0.478 e. The van der Waals surface area contributed by atoms with Crippen LogP contribution in [0, 0.1) is 18.7 Å². The van der Waals surface area contributed by atoms with Crippen molar-refractivity contribution in [2.45, 2.75) is 31.8 Å². The number of nitrogen functional groups attached to an aromatic ring is 1. The Hall–Kier alpha value is -3.76. The number of carboxylic acid groups (broad SMARTS) is 1. The summed E-state index contributed by atoms with van der Waals surface area (Å²) in [6.45, 7) is 2.27. The summed E-state index contributed by atoms with van der Waals surface area (Å²) in [7, 11) is 1.88. The Labute approximate surface area is 217 Å². The topological polar surface area (TPSA) is 127 Å². The molecular formula is C27H28FN5O3S. The summed E-state index contributed by atoms with van der Waals surface area (Å²) in [4.78, 5) is 30.8. The Kier molecular flexibility index (Phi) is 6.47. The lowest BCUT2D eigenvalue weighted by molar-refractivity contribution is 0.0690. The van der Waals surface area contributed by atoms with E-state index in [-0.39, 0.29) is 23.8 Å². The highest BCUT2D eigenvalue weighted by atomic mass is 32.1. The molecule has 10 heteroatoms. The number of para-hydroxylation sites is 1. The number of aryl methyl sites for hydroxylation is 1. The first kappa shape index (κ1) is 24.9. The van der Waals surface area contributed by atoms with Crippen LogP contribution in [0.4, 0.5) is 9.52 Å². The molecule has 0 unspecified atom stereocenters. The molecule has 37 heavy (non-hydrogen) atoms. The Morgan fingerprint density at radius 3 is 2.65 bits per heavy atom. The number of nitrogens with two attached hydrogens (primary N) is 2. The molecule has 1 aliphatic carbocycles. The van der Waals surface area contributed by atoms with Crippen LogP contribution in [0.2, 0.25) is 0 Å². The molecule has 1 aliphatic heterocycles. The van der Waals surface area contributed by atoms with Crippen molar-refractivity contribution >= 4 is 39.2 Å². The zero-order chi connectivity index (χ0) is 26.4. The first-order chi connectivity index (χ1) is 17.7. The molecule has 3 atom stereocenters. The average Bonchev–Trinajstić information content (AvgIpc) is 3.24. The van der Waals surface area contributed by atoms with Gasteiger partial charge in [0.05, 0.1) is 10.4 Å². The van der Waals surface area contributed by atoms with E-state index in [9.17, 15) is 14.0 Å². The number of anilines is 1. The lowest BCUT2D eigenvalue weighted by Gasteiger charge is -2.26. The Morgan fingerprint density at radius 2 is 1.95 bits per heavy atom. The first-order valence-corrected chi connectivity index (χ1v) is 12.8. The monoisotopic (exact) mass is 521 g/mol. The van der Waals surface area contributed by atoms with E-state index >= 15 is 0 Å². The number of amides is 1. The Morgan fingerprint density at radius 1 is 1.19 bits per heavy atom. The van der Waals surface area contributed by atoms with Crippen molar-refractivity contribution in [2.24, 2.45) is 18.7 Å². The molecule has 2 aromatic heterocycles. The number of thiazole rings is 1. The van der Waals surface area contributed by atoms with Crippen LogP contribution in [-0.4, -0.2) is 50.1 Å². The fourth-order valence-electron chi connectivity index (χ4n) is 5.31. The molecule has 192 valence electrons. The number of aromatic carboxylic acids is 1. The Balaban J connectivity index is 0.000000171. The van der Waals surface area contributed by atoms with Gasteiger partial charge in [0, 0.05) is 42.3 Å². The predicted octanol–water partition coefficient (Wildman–Crippen LogP) is 4.28. The van der Waals surface area contributed by atoms with Crippen LogP contribution in [0.1, 0.15) is 39.4 Å². The maximum absolute atomic E-state index is 13.5. The number of nitrogens with zero attached hydrogens (tertiary/aromatic N) is 3. The van der Waals surface area contributed by atoms with Crippen molar-refractivity contribution in [3.05, 3.63) is 71.3 Å². The van der Waals surface area contributed by atoms with Gasteiger partial charge in [0.2, 0.25) is 0 Å². The van der Waals surface area contributed by atoms with Gasteiger partial charge in [-0.25, -0.2) is 14.2 Å². The highest BCUT2D eigenvalue weighted by Gasteiger charge is 2.54. The van der Waals surface area contributed by atoms with Crippen molar-refractivity contribution < 1.29 is 19.1 Å². The summed E-state index contributed by atoms with van der Waals surface area (Å²) in [5, 5.41) is 10.2. The standard InChI is InChI=1S/C16H17FN4OS.C11H11NO2/c17-10-3-1-2-8(4-10)14-13(20-16(19)23-14)15(22)21-11(7-18)5-9-6-12(9)21;1-7-10(11(13)14)8-5-3-4-6-9(8)12(7)2/h1-4,9,11-12H,5-7,18H2,(H2,19,20);3-6H,1-2H3,(H,13,14)/t9-,11+,12+;/m1./s1. The van der Waals surface area contributed by atoms with Gasteiger partial charge in [-0.3, -0.25) is 4.79 Å². The van der Waals surface area contributed by atoms with Crippen LogP contribution in [0.5, 0.6) is 0 Å². The molecule has 2 fully saturated rings. The van der Waals surface area contributed by atoms with Crippen LogP contribution in [-0.2, 0) is 7.05 Å². The fraction of sp³-hybridized carbons (Fsp3) is 0.296. The highest BCUT2D eigenvalue weighted by Crippen LogP contribution is 2.48. The number of carbonyl (C=O) groups is 2. The second-order valence-corrected chi connectivity index (χ2v) is 10.5. The van der Waals surface area contributed by atoms with Gasteiger partial charge < -0.3 is 26.0 Å². The van der Waals surface area contributed by atoms with E-state index in [2.05, 4.69) is 4.98 Å². The van der Waals surface area contributed by atoms with Gasteiger partial charge in [0.1, 0.15) is 11.5 Å². The number of halogens is 1. The van der Waals surface area contributed by atoms with Gasteiger partial charge in [0.25, 0.3) is 5.91 Å². The molecule has 5 N–H and O–H groups in total. The average molecular weight is 522 g/mol. The number of fused-ring (bicyclic) bond motifs is 2. The second kappa shape index (κ2) is 9.60. The van der Waals surface area contributed by atoms with Crippen LogP contribution in [0.3, 0.4) is 0 Å². The molecule has 6 rings (SSSR count). The molecule has 2 aliphatic rings. The van der Waals surface area contributed by atoms with Gasteiger partial charge in [0.15, 0.2) is 5.13 Å². The third-order valence-electron chi connectivity index (χ3n) is 7.26. The van der Waals surface area contributed by atoms with Gasteiger partial charge in [-0.1, -0.05) is 41.7 Å². The SMILES string of the molecule is Cc1c(C(=O)O)c2ccccc2n1C.NC[C@@H]1C[C@@H]2C[C@@H]2N1C(=O)c1nc(N)sc1-c1cccc(F)c1. The van der Waals surface area contributed by atoms with Crippen LogP contribution < -0.4 is 11.5 Å². The van der Waals surface area contributed by atoms with E-state index in [4.69, 9.17) is 16.6 Å². The van der Waals surface area contributed by atoms with E-state index in [1.54, 1.807) is 12.1 Å². The van der Waals surface area contributed by atoms with Crippen LogP contribution in [0.15, 0.2) is 48.5 Å². The number of carboxylic acids is 1. The van der Waals surface area contributed by atoms with E-state index < -0.39 is 5.97 Å². The van der Waals surface area contributed by atoms with Crippen molar-refractivity contribution in [3.63, 3.8) is 0 Å². The molecule has 0 radical (unpaired) electrons. The summed E-state index contributed by atoms with van der Waals surface area (Å²) < 4.78 is 15.4. The van der Waals surface area contributed by atoms with Gasteiger partial charge in [-0.05, 0) is 49.4 Å². The van der Waals surface area contributed by atoms with Crippen molar-refractivity contribution in [2.75, 3.05) is 12.3 Å². The first-order valence-electron chi connectivity index (χ1n) is 12.0. The van der Waals surface area contributed by atoms with Gasteiger partial charge >= 0.3 is 5.97 Å². The molecule has 1 saturated heterocycles. The summed E-state index contributed by atoms with van der Waals surface area (Å²) in [6, 6.07) is 14.0. The number of rotatable bonds is 4. The molecule has 4 aromatic rings. The van der Waals surface area contributed by atoms with E-state index in [1.807, 2.05) is 47.7 Å². The maximum atomic E-state index is 13.5. The van der Waals surface area contributed by atoms with Gasteiger partial charge in [-0.15, -0.1) is 0 Å². The van der Waals surface area contributed by atoms with Crippen LogP contribution >= 0.6 is 11.3 Å². The summed E-state index contributed by atoms with van der Waals surface area (Å²) in [6.07, 6.45) is 2.00. The van der Waals surface area contributed by atoms with Crippen molar-refractivity contribution in [1.82, 2.24) is 14.5 Å². The number of aromatic nitrogens is 2. The fourth-order valence-corrected chi connectivity index (χ4v) is 6.13. The van der Waals surface area contributed by atoms with E-state index in [0.29, 0.717) is 39.3 Å². The molecule has 8 nitrogen and oxygen atoms in total. The minimum absolute atomic E-state index is 0.0644. The number of carbonyl (C=O) groups excluding carboxylic acids is 1. The third-order valence-corrected chi connectivity index (χ3v) is 8.20. The number of likely N-dealkylation sites (tertiary alicyclic amines) is 1. The van der Waals surface area contributed by atoms with Crippen molar-refractivity contribution in [1.29, 1.82) is 0 Å². The molecule has 3 heterocycles. The zero-order valence-corrected chi connectivity index (χ0v) is 21.3. The second-order valence-electron chi connectivity index (χ2n) is 9.48. The Bertz CT molecular complexity index is 1510. The van der Waals surface area contributed by atoms with Crippen molar-refractivity contribution in [3.8, 4) is 10.4 Å². The lowest BCUT2D eigenvalue weighted by atomic mass is 10.1. The summed E-state index contributed by atoms with van der Waals surface area (Å²) >= 11 is 1.21. The number of hydrogen-bond acceptors (Lipinski definition) is 6. The molecule has 0 bridgehead atoms. The summed E-state index contributed by atoms with van der Waals surface area (Å²) in [5.74, 6) is -0.783. The number of hydrogen-bond donors (Lipinski definition) is 3. The maximum Gasteiger partial charge on any atom is 0.338 e. The number of piperidine rings is 1. The lowest BCUT2D eigenvalue weighted by Crippen LogP contribution is -2.42. The quantitative estimate of drug-likeness (QED) is 0.368. The molecular weight excluding hydrogens is 493 g/mol. The molecule has 1 saturated carbocycles. The minimum atomic E-state index is -0.862. The largest absolute Gasteiger partial charge is 0.478 e. The zero-order valence-electron chi connectivity index (χ0n) is 20.5. The van der Waals surface area contributed by atoms with E-state index in [1.165, 1.54) is 23.5 Å².